The number of sulfonamides is 1. The Morgan fingerprint density at radius 3 is 2.29 bits per heavy atom. The summed E-state index contributed by atoms with van der Waals surface area (Å²) in [5.74, 6) is -0.197. The molecule has 0 unspecified atom stereocenters. The van der Waals surface area contributed by atoms with E-state index in [1.165, 1.54) is 13.1 Å². The van der Waals surface area contributed by atoms with Gasteiger partial charge in [-0.2, -0.15) is 0 Å². The lowest BCUT2D eigenvalue weighted by Gasteiger charge is -2.37. The van der Waals surface area contributed by atoms with Crippen LogP contribution in [0.1, 0.15) is 5.56 Å². The summed E-state index contributed by atoms with van der Waals surface area (Å²) in [7, 11) is -0.403. The van der Waals surface area contributed by atoms with Crippen LogP contribution in [0.2, 0.25) is 0 Å². The molecule has 0 spiro atoms. The van der Waals surface area contributed by atoms with Gasteiger partial charge in [0.25, 0.3) is 0 Å². The molecule has 7 nitrogen and oxygen atoms in total. The van der Waals surface area contributed by atoms with Gasteiger partial charge in [0.2, 0.25) is 10.0 Å². The van der Waals surface area contributed by atoms with Crippen LogP contribution in [0.3, 0.4) is 0 Å². The normalized spacial score (nSPS) is 14.9. The molecule has 0 amide bonds. The molecule has 170 valence electrons. The zero-order valence-electron chi connectivity index (χ0n) is 17.3. The van der Waals surface area contributed by atoms with Crippen molar-refractivity contribution in [1.29, 1.82) is 0 Å². The maximum atomic E-state index is 14.0. The summed E-state index contributed by atoms with van der Waals surface area (Å²) in [6, 6.07) is 10.1. The molecule has 1 heterocycles. The van der Waals surface area contributed by atoms with Crippen LogP contribution < -0.4 is 14.9 Å². The van der Waals surface area contributed by atoms with Crippen molar-refractivity contribution in [3.05, 3.63) is 59.7 Å². The molecule has 0 saturated carbocycles. The minimum absolute atomic E-state index is 0. The van der Waals surface area contributed by atoms with E-state index >= 15 is 0 Å². The van der Waals surface area contributed by atoms with Crippen molar-refractivity contribution < 1.29 is 17.2 Å². The van der Waals surface area contributed by atoms with E-state index in [1.807, 2.05) is 9.80 Å². The Kier molecular flexibility index (Phi) is 9.01. The first-order valence-corrected chi connectivity index (χ1v) is 11.0. The smallest absolute Gasteiger partial charge is 0.240 e. The number of benzene rings is 2. The number of halogens is 3. The lowest BCUT2D eigenvalue weighted by atomic mass is 10.2. The summed E-state index contributed by atoms with van der Waals surface area (Å²) in [4.78, 5) is 8.38. The second-order valence-electron chi connectivity index (χ2n) is 6.82. The molecule has 1 aliphatic rings. The lowest BCUT2D eigenvalue weighted by molar-refractivity contribution is 0.370. The third-order valence-electron chi connectivity index (χ3n) is 4.99. The molecule has 0 aromatic heterocycles. The maximum Gasteiger partial charge on any atom is 0.240 e. The molecule has 0 bridgehead atoms. The average molecular weight is 565 g/mol. The van der Waals surface area contributed by atoms with Crippen LogP contribution >= 0.6 is 24.0 Å². The molecule has 11 heteroatoms. The Morgan fingerprint density at radius 2 is 1.71 bits per heavy atom. The van der Waals surface area contributed by atoms with Gasteiger partial charge in [-0.3, -0.25) is 4.99 Å². The minimum atomic E-state index is -3.46. The predicted molar refractivity (Wildman–Crippen MR) is 128 cm³/mol. The lowest BCUT2D eigenvalue weighted by Crippen LogP contribution is -2.52. The van der Waals surface area contributed by atoms with E-state index in [1.54, 1.807) is 31.3 Å². The Labute approximate surface area is 198 Å². The van der Waals surface area contributed by atoms with Gasteiger partial charge in [0.15, 0.2) is 5.96 Å². The zero-order chi connectivity index (χ0) is 21.7. The first-order valence-electron chi connectivity index (χ1n) is 9.52. The standard InChI is InChI=1S/C20H25F2N5O2S.HI/c1-23-20(25-14-15-3-6-17(7-4-15)30(28,29)24-2)27-11-9-26(10-12-27)19-13-16(21)5-8-18(19)22;/h3-8,13,24H,9-12,14H2,1-2H3,(H,23,25);1H. The van der Waals surface area contributed by atoms with Gasteiger partial charge in [-0.15, -0.1) is 24.0 Å². The van der Waals surface area contributed by atoms with Gasteiger partial charge in [-0.05, 0) is 36.9 Å². The number of hydrogen-bond acceptors (Lipinski definition) is 4. The van der Waals surface area contributed by atoms with Crippen LogP contribution in [0.15, 0.2) is 52.4 Å². The van der Waals surface area contributed by atoms with Gasteiger partial charge in [0.1, 0.15) is 11.6 Å². The first-order chi connectivity index (χ1) is 14.3. The van der Waals surface area contributed by atoms with Crippen LogP contribution in [0.5, 0.6) is 0 Å². The topological polar surface area (TPSA) is 77.0 Å². The van der Waals surface area contributed by atoms with Gasteiger partial charge < -0.3 is 15.1 Å². The van der Waals surface area contributed by atoms with E-state index in [2.05, 4.69) is 15.0 Å². The number of aliphatic imine (C=N–C) groups is 1. The Hall–Kier alpha value is -1.99. The highest BCUT2D eigenvalue weighted by Crippen LogP contribution is 2.22. The van der Waals surface area contributed by atoms with Gasteiger partial charge in [-0.1, -0.05) is 12.1 Å². The highest BCUT2D eigenvalue weighted by atomic mass is 127. The molecule has 0 atom stereocenters. The Morgan fingerprint density at radius 1 is 1.06 bits per heavy atom. The first kappa shape index (κ1) is 25.3. The van der Waals surface area contributed by atoms with Crippen molar-refractivity contribution in [3.63, 3.8) is 0 Å². The molecule has 0 aliphatic carbocycles. The highest BCUT2D eigenvalue weighted by Gasteiger charge is 2.22. The number of piperazine rings is 1. The predicted octanol–water partition coefficient (Wildman–Crippen LogP) is 2.39. The molecule has 0 radical (unpaired) electrons. The molecule has 2 aromatic carbocycles. The summed E-state index contributed by atoms with van der Waals surface area (Å²) in [5, 5.41) is 3.26. The zero-order valence-corrected chi connectivity index (χ0v) is 20.5. The third kappa shape index (κ3) is 6.26. The van der Waals surface area contributed by atoms with Crippen LogP contribution in [0.25, 0.3) is 0 Å². The molecule has 2 N–H and O–H groups in total. The van der Waals surface area contributed by atoms with Crippen molar-refractivity contribution in [3.8, 4) is 0 Å². The van der Waals surface area contributed by atoms with E-state index in [4.69, 9.17) is 0 Å². The van der Waals surface area contributed by atoms with Gasteiger partial charge in [0.05, 0.1) is 10.6 Å². The summed E-state index contributed by atoms with van der Waals surface area (Å²) in [5.41, 5.74) is 1.18. The van der Waals surface area contributed by atoms with Crippen LogP contribution in [-0.4, -0.2) is 59.6 Å². The fourth-order valence-electron chi connectivity index (χ4n) is 3.31. The number of guanidine groups is 1. The molecule has 2 aromatic rings. The number of rotatable bonds is 5. The largest absolute Gasteiger partial charge is 0.366 e. The van der Waals surface area contributed by atoms with Gasteiger partial charge >= 0.3 is 0 Å². The summed E-state index contributed by atoms with van der Waals surface area (Å²) in [6.07, 6.45) is 0. The van der Waals surface area contributed by atoms with E-state index in [0.29, 0.717) is 38.7 Å². The van der Waals surface area contributed by atoms with Gasteiger partial charge in [-0.25, -0.2) is 21.9 Å². The summed E-state index contributed by atoms with van der Waals surface area (Å²) >= 11 is 0. The van der Waals surface area contributed by atoms with Crippen molar-refractivity contribution in [2.75, 3.05) is 45.2 Å². The molecule has 1 fully saturated rings. The number of nitrogens with zero attached hydrogens (tertiary/aromatic N) is 3. The summed E-state index contributed by atoms with van der Waals surface area (Å²) in [6.45, 7) is 2.77. The summed E-state index contributed by atoms with van der Waals surface area (Å²) < 4.78 is 53.4. The Balaban J connectivity index is 0.00000341. The SMILES string of the molecule is CN=C(NCc1ccc(S(=O)(=O)NC)cc1)N1CCN(c2cc(F)ccc2F)CC1.I. The third-order valence-corrected chi connectivity index (χ3v) is 6.42. The fourth-order valence-corrected chi connectivity index (χ4v) is 4.04. The monoisotopic (exact) mass is 565 g/mol. The molecule has 1 aliphatic heterocycles. The minimum Gasteiger partial charge on any atom is -0.366 e. The molecule has 1 saturated heterocycles. The number of hydrogen-bond donors (Lipinski definition) is 2. The quantitative estimate of drug-likeness (QED) is 0.331. The second kappa shape index (κ2) is 11.0. The van der Waals surface area contributed by atoms with Crippen molar-refractivity contribution in [2.45, 2.75) is 11.4 Å². The van der Waals surface area contributed by atoms with Gasteiger partial charge in [0, 0.05) is 45.8 Å². The highest BCUT2D eigenvalue weighted by molar-refractivity contribution is 14.0. The van der Waals surface area contributed by atoms with E-state index < -0.39 is 21.7 Å². The van der Waals surface area contributed by atoms with E-state index in [-0.39, 0.29) is 34.6 Å². The van der Waals surface area contributed by atoms with Crippen LogP contribution in [0.4, 0.5) is 14.5 Å². The van der Waals surface area contributed by atoms with Crippen LogP contribution in [0, 0.1) is 11.6 Å². The Bertz CT molecular complexity index is 1010. The number of nitrogens with one attached hydrogen (secondary N) is 2. The van der Waals surface area contributed by atoms with Crippen molar-refractivity contribution in [2.24, 2.45) is 4.99 Å². The number of anilines is 1. The fraction of sp³-hybridized carbons (Fsp3) is 0.350. The van der Waals surface area contributed by atoms with E-state index in [0.717, 1.165) is 17.7 Å². The maximum absolute atomic E-state index is 14.0. The molecular weight excluding hydrogens is 539 g/mol. The average Bonchev–Trinajstić information content (AvgIpc) is 2.76. The van der Waals surface area contributed by atoms with Crippen LogP contribution in [-0.2, 0) is 16.6 Å². The molecular formula is C20H26F2IN5O2S. The molecule has 31 heavy (non-hydrogen) atoms. The van der Waals surface area contributed by atoms with E-state index in [9.17, 15) is 17.2 Å². The van der Waals surface area contributed by atoms with Crippen molar-refractivity contribution in [1.82, 2.24) is 14.9 Å². The molecule has 3 rings (SSSR count). The second-order valence-corrected chi connectivity index (χ2v) is 8.71. The van der Waals surface area contributed by atoms with Crippen molar-refractivity contribution >= 4 is 45.6 Å².